The van der Waals surface area contributed by atoms with Crippen molar-refractivity contribution >= 4 is 27.5 Å². The second kappa shape index (κ2) is 5.52. The molecule has 0 unspecified atom stereocenters. The third kappa shape index (κ3) is 3.45. The summed E-state index contributed by atoms with van der Waals surface area (Å²) in [6.07, 6.45) is 1.71. The topological polar surface area (TPSA) is 22.1 Å². The van der Waals surface area contributed by atoms with Gasteiger partial charge in [0.05, 0.1) is 4.47 Å². The van der Waals surface area contributed by atoms with Crippen molar-refractivity contribution in [2.75, 3.05) is 0 Å². The number of aromatic nitrogens is 1. The normalized spacial score (nSPS) is 10.3. The van der Waals surface area contributed by atoms with Crippen LogP contribution in [-0.2, 0) is 6.61 Å². The van der Waals surface area contributed by atoms with E-state index < -0.39 is 0 Å². The molecule has 88 valence electrons. The van der Waals surface area contributed by atoms with Crippen molar-refractivity contribution in [3.8, 4) is 5.75 Å². The first-order chi connectivity index (χ1) is 8.15. The lowest BCUT2D eigenvalue weighted by atomic mass is 10.2. The Labute approximate surface area is 114 Å². The Bertz CT molecular complexity index is 513. The van der Waals surface area contributed by atoms with E-state index in [1.165, 1.54) is 5.56 Å². The Morgan fingerprint density at radius 2 is 2.12 bits per heavy atom. The summed E-state index contributed by atoms with van der Waals surface area (Å²) in [6, 6.07) is 9.64. The van der Waals surface area contributed by atoms with Gasteiger partial charge < -0.3 is 4.74 Å². The number of rotatable bonds is 3. The zero-order valence-corrected chi connectivity index (χ0v) is 11.6. The van der Waals surface area contributed by atoms with Gasteiger partial charge in [0, 0.05) is 11.8 Å². The van der Waals surface area contributed by atoms with Crippen LogP contribution >= 0.6 is 27.5 Å². The minimum absolute atomic E-state index is 0.478. The van der Waals surface area contributed by atoms with Gasteiger partial charge in [-0.1, -0.05) is 23.7 Å². The minimum Gasteiger partial charge on any atom is -0.488 e. The SMILES string of the molecule is Cc1ccc(OCc2ccc(Cl)nc2)c(Br)c1. The summed E-state index contributed by atoms with van der Waals surface area (Å²) in [5.74, 6) is 0.825. The van der Waals surface area contributed by atoms with E-state index in [1.807, 2.05) is 31.2 Å². The van der Waals surface area contributed by atoms with Gasteiger partial charge in [-0.25, -0.2) is 4.98 Å². The van der Waals surface area contributed by atoms with Crippen molar-refractivity contribution in [3.63, 3.8) is 0 Å². The van der Waals surface area contributed by atoms with E-state index in [0.717, 1.165) is 15.8 Å². The van der Waals surface area contributed by atoms with Gasteiger partial charge >= 0.3 is 0 Å². The maximum atomic E-state index is 5.71. The third-order valence-corrected chi connectivity index (χ3v) is 3.11. The Morgan fingerprint density at radius 1 is 1.29 bits per heavy atom. The van der Waals surface area contributed by atoms with Crippen LogP contribution in [0.15, 0.2) is 41.0 Å². The van der Waals surface area contributed by atoms with Crippen LogP contribution in [0.5, 0.6) is 5.75 Å². The number of aryl methyl sites for hydroxylation is 1. The number of hydrogen-bond acceptors (Lipinski definition) is 2. The number of hydrogen-bond donors (Lipinski definition) is 0. The molecule has 17 heavy (non-hydrogen) atoms. The molecular formula is C13H11BrClNO. The molecule has 1 aromatic carbocycles. The van der Waals surface area contributed by atoms with Gasteiger partial charge in [0.15, 0.2) is 0 Å². The molecule has 0 fully saturated rings. The zero-order valence-electron chi connectivity index (χ0n) is 9.28. The van der Waals surface area contributed by atoms with E-state index in [9.17, 15) is 0 Å². The number of benzene rings is 1. The van der Waals surface area contributed by atoms with E-state index in [4.69, 9.17) is 16.3 Å². The fraction of sp³-hybridized carbons (Fsp3) is 0.154. The van der Waals surface area contributed by atoms with E-state index in [2.05, 4.69) is 20.9 Å². The highest BCUT2D eigenvalue weighted by molar-refractivity contribution is 9.10. The molecule has 0 atom stereocenters. The van der Waals surface area contributed by atoms with Gasteiger partial charge in [0.25, 0.3) is 0 Å². The van der Waals surface area contributed by atoms with E-state index in [1.54, 1.807) is 12.3 Å². The highest BCUT2D eigenvalue weighted by Crippen LogP contribution is 2.26. The van der Waals surface area contributed by atoms with Gasteiger partial charge in [-0.05, 0) is 46.6 Å². The molecule has 0 saturated carbocycles. The predicted molar refractivity (Wildman–Crippen MR) is 72.5 cm³/mol. The lowest BCUT2D eigenvalue weighted by molar-refractivity contribution is 0.304. The Balaban J connectivity index is 2.04. The molecule has 4 heteroatoms. The van der Waals surface area contributed by atoms with E-state index >= 15 is 0 Å². The van der Waals surface area contributed by atoms with Crippen LogP contribution in [0.1, 0.15) is 11.1 Å². The van der Waals surface area contributed by atoms with Crippen molar-refractivity contribution in [1.29, 1.82) is 0 Å². The molecule has 0 spiro atoms. The number of nitrogens with zero attached hydrogens (tertiary/aromatic N) is 1. The molecule has 0 bridgehead atoms. The fourth-order valence-electron chi connectivity index (χ4n) is 1.38. The molecule has 0 amide bonds. The third-order valence-electron chi connectivity index (χ3n) is 2.27. The lowest BCUT2D eigenvalue weighted by Crippen LogP contribution is -1.96. The average molecular weight is 313 g/mol. The summed E-state index contributed by atoms with van der Waals surface area (Å²) in [5, 5.41) is 0.491. The minimum atomic E-state index is 0.478. The van der Waals surface area contributed by atoms with Gasteiger partial charge in [0.2, 0.25) is 0 Å². The molecular weight excluding hydrogens is 302 g/mol. The summed E-state index contributed by atoms with van der Waals surface area (Å²) >= 11 is 9.18. The van der Waals surface area contributed by atoms with Crippen molar-refractivity contribution < 1.29 is 4.74 Å². The lowest BCUT2D eigenvalue weighted by Gasteiger charge is -2.08. The van der Waals surface area contributed by atoms with Crippen LogP contribution in [0, 0.1) is 6.92 Å². The predicted octanol–water partition coefficient (Wildman–Crippen LogP) is 4.38. The summed E-state index contributed by atoms with van der Waals surface area (Å²) in [6.45, 7) is 2.52. The molecule has 1 heterocycles. The number of halogens is 2. The van der Waals surface area contributed by atoms with Crippen LogP contribution in [0.3, 0.4) is 0 Å². The zero-order chi connectivity index (χ0) is 12.3. The number of pyridine rings is 1. The van der Waals surface area contributed by atoms with Crippen molar-refractivity contribution in [2.45, 2.75) is 13.5 Å². The molecule has 2 aromatic rings. The van der Waals surface area contributed by atoms with Gasteiger partial charge in [-0.2, -0.15) is 0 Å². The largest absolute Gasteiger partial charge is 0.488 e. The Kier molecular flexibility index (Phi) is 4.02. The smallest absolute Gasteiger partial charge is 0.134 e. The van der Waals surface area contributed by atoms with Gasteiger partial charge in [-0.3, -0.25) is 0 Å². The molecule has 2 rings (SSSR count). The highest BCUT2D eigenvalue weighted by Gasteiger charge is 2.02. The number of ether oxygens (including phenoxy) is 1. The summed E-state index contributed by atoms with van der Waals surface area (Å²) in [5.41, 5.74) is 2.18. The maximum absolute atomic E-state index is 5.71. The first kappa shape index (κ1) is 12.4. The molecule has 0 aliphatic heterocycles. The molecule has 0 radical (unpaired) electrons. The van der Waals surface area contributed by atoms with Gasteiger partial charge in [-0.15, -0.1) is 0 Å². The molecule has 2 nitrogen and oxygen atoms in total. The van der Waals surface area contributed by atoms with Crippen LogP contribution in [0.25, 0.3) is 0 Å². The second-order valence-corrected chi connectivity index (χ2v) is 4.95. The summed E-state index contributed by atoms with van der Waals surface area (Å²) in [4.78, 5) is 4.00. The van der Waals surface area contributed by atoms with E-state index in [0.29, 0.717) is 11.8 Å². The van der Waals surface area contributed by atoms with Crippen molar-refractivity contribution in [1.82, 2.24) is 4.98 Å². The molecule has 0 aliphatic carbocycles. The van der Waals surface area contributed by atoms with Gasteiger partial charge in [0.1, 0.15) is 17.5 Å². The Morgan fingerprint density at radius 3 is 2.76 bits per heavy atom. The van der Waals surface area contributed by atoms with Crippen LogP contribution in [-0.4, -0.2) is 4.98 Å². The first-order valence-electron chi connectivity index (χ1n) is 5.14. The first-order valence-corrected chi connectivity index (χ1v) is 6.31. The summed E-state index contributed by atoms with van der Waals surface area (Å²) in [7, 11) is 0. The molecule has 1 aromatic heterocycles. The molecule has 0 aliphatic rings. The van der Waals surface area contributed by atoms with Crippen LogP contribution in [0.4, 0.5) is 0 Å². The standard InChI is InChI=1S/C13H11BrClNO/c1-9-2-4-12(11(14)6-9)17-8-10-3-5-13(15)16-7-10/h2-7H,8H2,1H3. The molecule has 0 N–H and O–H groups in total. The second-order valence-electron chi connectivity index (χ2n) is 3.71. The highest BCUT2D eigenvalue weighted by atomic mass is 79.9. The molecule has 0 saturated heterocycles. The average Bonchev–Trinajstić information content (AvgIpc) is 2.30. The van der Waals surface area contributed by atoms with Crippen LogP contribution < -0.4 is 4.74 Å². The van der Waals surface area contributed by atoms with Crippen LogP contribution in [0.2, 0.25) is 5.15 Å². The maximum Gasteiger partial charge on any atom is 0.134 e. The van der Waals surface area contributed by atoms with E-state index in [-0.39, 0.29) is 0 Å². The fourth-order valence-corrected chi connectivity index (χ4v) is 2.10. The van der Waals surface area contributed by atoms with Crippen molar-refractivity contribution in [2.24, 2.45) is 0 Å². The summed E-state index contributed by atoms with van der Waals surface area (Å²) < 4.78 is 6.65. The quantitative estimate of drug-likeness (QED) is 0.784. The Hall–Kier alpha value is -1.06. The van der Waals surface area contributed by atoms with Crippen molar-refractivity contribution in [3.05, 3.63) is 57.3 Å². The monoisotopic (exact) mass is 311 g/mol.